The smallest absolute Gasteiger partial charge is 0.294 e. The lowest BCUT2D eigenvalue weighted by atomic mass is 10.2. The molecule has 0 aliphatic rings. The van der Waals surface area contributed by atoms with Gasteiger partial charge in [-0.25, -0.2) is 4.68 Å². The van der Waals surface area contributed by atoms with E-state index in [2.05, 4.69) is 15.5 Å². The highest BCUT2D eigenvalue weighted by atomic mass is 35.5. The van der Waals surface area contributed by atoms with Crippen molar-refractivity contribution in [1.82, 2.24) is 14.9 Å². The summed E-state index contributed by atoms with van der Waals surface area (Å²) >= 11 is 6.79. The Morgan fingerprint density at radius 2 is 2.06 bits per heavy atom. The number of nitro groups is 1. The second-order valence-electron chi connectivity index (χ2n) is 5.99. The molecule has 0 spiro atoms. The molecule has 13 heteroatoms. The number of nitrogens with one attached hydrogen (secondary N) is 1. The van der Waals surface area contributed by atoms with Crippen LogP contribution in [0.25, 0.3) is 0 Å². The van der Waals surface area contributed by atoms with Crippen LogP contribution in [0.4, 0.5) is 11.4 Å². The first kappa shape index (κ1) is 22.2. The zero-order valence-corrected chi connectivity index (χ0v) is 17.7. The highest BCUT2D eigenvalue weighted by molar-refractivity contribution is 7.99. The lowest BCUT2D eigenvalue weighted by molar-refractivity contribution is -0.383. The summed E-state index contributed by atoms with van der Waals surface area (Å²) in [5, 5.41) is 22.0. The van der Waals surface area contributed by atoms with Crippen molar-refractivity contribution in [3.05, 3.63) is 63.4 Å². The zero-order valence-electron chi connectivity index (χ0n) is 16.1. The first-order chi connectivity index (χ1) is 14.9. The molecule has 3 aromatic rings. The number of halogens is 1. The molecule has 0 saturated carbocycles. The minimum Gasteiger partial charge on any atom is -0.497 e. The number of nitro benzene ring substituents is 1. The SMILES string of the molecule is COc1cccc(OCc2nnc(SCC(=O)Nc3ccc(Cl)cc3[N+](=O)[O-])n2N)c1. The van der Waals surface area contributed by atoms with Crippen LogP contribution in [0.3, 0.4) is 0 Å². The Labute approximate surface area is 185 Å². The molecule has 0 unspecified atom stereocenters. The molecule has 0 saturated heterocycles. The molecule has 11 nitrogen and oxygen atoms in total. The lowest BCUT2D eigenvalue weighted by Gasteiger charge is -2.08. The molecule has 162 valence electrons. The summed E-state index contributed by atoms with van der Waals surface area (Å²) < 4.78 is 12.0. The van der Waals surface area contributed by atoms with Gasteiger partial charge in [0.05, 0.1) is 17.8 Å². The van der Waals surface area contributed by atoms with Crippen LogP contribution in [-0.4, -0.2) is 38.6 Å². The molecule has 1 amide bonds. The molecule has 0 radical (unpaired) electrons. The van der Waals surface area contributed by atoms with E-state index in [0.717, 1.165) is 17.8 Å². The summed E-state index contributed by atoms with van der Waals surface area (Å²) in [6, 6.07) is 11.0. The van der Waals surface area contributed by atoms with Gasteiger partial charge in [0, 0.05) is 17.2 Å². The third-order valence-electron chi connectivity index (χ3n) is 3.91. The van der Waals surface area contributed by atoms with E-state index in [1.165, 1.54) is 16.8 Å². The number of rotatable bonds is 9. The molecule has 1 aromatic heterocycles. The van der Waals surface area contributed by atoms with E-state index >= 15 is 0 Å². The number of carbonyl (C=O) groups is 1. The number of carbonyl (C=O) groups excluding carboxylic acids is 1. The number of hydrogen-bond acceptors (Lipinski definition) is 9. The number of amides is 1. The van der Waals surface area contributed by atoms with E-state index < -0.39 is 10.8 Å². The van der Waals surface area contributed by atoms with Gasteiger partial charge in [0.25, 0.3) is 5.69 Å². The highest BCUT2D eigenvalue weighted by Gasteiger charge is 2.18. The molecule has 0 fully saturated rings. The maximum Gasteiger partial charge on any atom is 0.294 e. The zero-order chi connectivity index (χ0) is 22.4. The van der Waals surface area contributed by atoms with Crippen LogP contribution in [0.1, 0.15) is 5.82 Å². The van der Waals surface area contributed by atoms with Crippen molar-refractivity contribution in [2.45, 2.75) is 11.8 Å². The molecule has 31 heavy (non-hydrogen) atoms. The van der Waals surface area contributed by atoms with Gasteiger partial charge in [0.1, 0.15) is 23.8 Å². The Hall–Kier alpha value is -3.51. The number of nitrogens with zero attached hydrogens (tertiary/aromatic N) is 4. The number of anilines is 1. The van der Waals surface area contributed by atoms with Gasteiger partial charge < -0.3 is 20.6 Å². The van der Waals surface area contributed by atoms with Gasteiger partial charge in [-0.2, -0.15) is 0 Å². The van der Waals surface area contributed by atoms with Gasteiger partial charge >= 0.3 is 0 Å². The first-order valence-electron chi connectivity index (χ1n) is 8.70. The van der Waals surface area contributed by atoms with Crippen molar-refractivity contribution < 1.29 is 19.2 Å². The van der Waals surface area contributed by atoms with Crippen LogP contribution in [0.5, 0.6) is 11.5 Å². The fraction of sp³-hybridized carbons (Fsp3) is 0.167. The van der Waals surface area contributed by atoms with Crippen molar-refractivity contribution in [3.8, 4) is 11.5 Å². The van der Waals surface area contributed by atoms with Gasteiger partial charge in [-0.3, -0.25) is 14.9 Å². The van der Waals surface area contributed by atoms with Gasteiger partial charge in [-0.1, -0.05) is 29.4 Å². The van der Waals surface area contributed by atoms with E-state index in [-0.39, 0.29) is 33.9 Å². The number of hydrogen-bond donors (Lipinski definition) is 2. The van der Waals surface area contributed by atoms with E-state index in [1.807, 2.05) is 0 Å². The number of nitrogens with two attached hydrogens (primary N) is 1. The van der Waals surface area contributed by atoms with Crippen LogP contribution in [0.2, 0.25) is 5.02 Å². The minimum atomic E-state index is -0.625. The number of methoxy groups -OCH3 is 1. The van der Waals surface area contributed by atoms with E-state index in [4.69, 9.17) is 26.9 Å². The molecule has 0 bridgehead atoms. The van der Waals surface area contributed by atoms with Crippen molar-refractivity contribution in [3.63, 3.8) is 0 Å². The predicted octanol–water partition coefficient (Wildman–Crippen LogP) is 2.87. The summed E-state index contributed by atoms with van der Waals surface area (Å²) in [6.45, 7) is 0.0559. The number of nitrogen functional groups attached to an aromatic ring is 1. The average molecular weight is 465 g/mol. The van der Waals surface area contributed by atoms with Crippen LogP contribution < -0.4 is 20.6 Å². The maximum atomic E-state index is 12.2. The fourth-order valence-corrected chi connectivity index (χ4v) is 3.26. The first-order valence-corrected chi connectivity index (χ1v) is 10.1. The Morgan fingerprint density at radius 3 is 2.81 bits per heavy atom. The van der Waals surface area contributed by atoms with E-state index in [9.17, 15) is 14.9 Å². The van der Waals surface area contributed by atoms with Crippen molar-refractivity contribution in [2.24, 2.45) is 0 Å². The molecule has 1 heterocycles. The van der Waals surface area contributed by atoms with Gasteiger partial charge in [-0.05, 0) is 24.3 Å². The molecule has 2 aromatic carbocycles. The summed E-state index contributed by atoms with van der Waals surface area (Å²) in [6.07, 6.45) is 0. The summed E-state index contributed by atoms with van der Waals surface area (Å²) in [4.78, 5) is 22.7. The second-order valence-corrected chi connectivity index (χ2v) is 7.37. The lowest BCUT2D eigenvalue weighted by Crippen LogP contribution is -2.18. The maximum absolute atomic E-state index is 12.2. The number of aromatic nitrogens is 3. The van der Waals surface area contributed by atoms with E-state index in [1.54, 1.807) is 31.4 Å². The van der Waals surface area contributed by atoms with Crippen LogP contribution in [-0.2, 0) is 11.4 Å². The van der Waals surface area contributed by atoms with Crippen LogP contribution >= 0.6 is 23.4 Å². The third-order valence-corrected chi connectivity index (χ3v) is 5.09. The topological polar surface area (TPSA) is 147 Å². The number of benzene rings is 2. The minimum absolute atomic E-state index is 0.0431. The second kappa shape index (κ2) is 10.00. The number of ether oxygens (including phenoxy) is 2. The molecule has 3 rings (SSSR count). The van der Waals surface area contributed by atoms with Crippen LogP contribution in [0.15, 0.2) is 47.6 Å². The Kier molecular flexibility index (Phi) is 7.15. The van der Waals surface area contributed by atoms with Gasteiger partial charge in [-0.15, -0.1) is 10.2 Å². The summed E-state index contributed by atoms with van der Waals surface area (Å²) in [7, 11) is 1.56. The average Bonchev–Trinajstić information content (AvgIpc) is 3.11. The van der Waals surface area contributed by atoms with Gasteiger partial charge in [0.15, 0.2) is 5.82 Å². The fourth-order valence-electron chi connectivity index (χ4n) is 2.42. The Bertz CT molecular complexity index is 1110. The molecular weight excluding hydrogens is 448 g/mol. The normalized spacial score (nSPS) is 10.5. The Balaban J connectivity index is 1.57. The largest absolute Gasteiger partial charge is 0.497 e. The molecule has 0 atom stereocenters. The van der Waals surface area contributed by atoms with Crippen molar-refractivity contribution >= 4 is 40.6 Å². The molecule has 0 aliphatic carbocycles. The van der Waals surface area contributed by atoms with Crippen molar-refractivity contribution in [2.75, 3.05) is 24.0 Å². The predicted molar refractivity (Wildman–Crippen MR) is 115 cm³/mol. The molecule has 3 N–H and O–H groups in total. The molecule has 0 aliphatic heterocycles. The Morgan fingerprint density at radius 1 is 1.29 bits per heavy atom. The summed E-state index contributed by atoms with van der Waals surface area (Å²) in [5.74, 6) is 6.97. The van der Waals surface area contributed by atoms with Crippen molar-refractivity contribution in [1.29, 1.82) is 0 Å². The molecular formula is C18H17ClN6O5S. The third kappa shape index (κ3) is 5.77. The van der Waals surface area contributed by atoms with E-state index in [0.29, 0.717) is 17.3 Å². The number of thioether (sulfide) groups is 1. The van der Waals surface area contributed by atoms with Crippen LogP contribution in [0, 0.1) is 10.1 Å². The van der Waals surface area contributed by atoms with Gasteiger partial charge in [0.2, 0.25) is 11.1 Å². The quantitative estimate of drug-likeness (QED) is 0.211. The summed E-state index contributed by atoms with van der Waals surface area (Å²) in [5.41, 5.74) is -0.258. The highest BCUT2D eigenvalue weighted by Crippen LogP contribution is 2.28. The standard InChI is InChI=1S/C18H17ClN6O5S/c1-29-12-3-2-4-13(8-12)30-9-16-22-23-18(24(16)20)31-10-17(26)21-14-6-5-11(19)7-15(14)25(27)28/h2-8H,9-10,20H2,1H3,(H,21,26). The monoisotopic (exact) mass is 464 g/mol.